The number of carbonyl (C=O) groups is 1. The van der Waals surface area contributed by atoms with Crippen molar-refractivity contribution in [2.45, 2.75) is 6.92 Å². The zero-order valence-corrected chi connectivity index (χ0v) is 13.9. The van der Waals surface area contributed by atoms with Gasteiger partial charge < -0.3 is 20.3 Å². The standard InChI is InChI=1S/C19H23N3O2/c1-15-6-2-3-7-16(15)20-14-19(23)21-17-8-4-5-9-18(17)22-10-12-24-13-11-22/h2-9,20H,10-14H2,1H3,(H,21,23). The zero-order valence-electron chi connectivity index (χ0n) is 13.9. The molecule has 0 spiro atoms. The molecule has 0 unspecified atom stereocenters. The number of hydrogen-bond acceptors (Lipinski definition) is 4. The van der Waals surface area contributed by atoms with Crippen LogP contribution in [0, 0.1) is 6.92 Å². The Morgan fingerprint density at radius 2 is 1.71 bits per heavy atom. The Hall–Kier alpha value is -2.53. The van der Waals surface area contributed by atoms with Crippen molar-refractivity contribution >= 4 is 23.0 Å². The summed E-state index contributed by atoms with van der Waals surface area (Å²) in [6, 6.07) is 15.9. The summed E-state index contributed by atoms with van der Waals surface area (Å²) in [5.74, 6) is -0.0565. The Bertz CT molecular complexity index is 697. The van der Waals surface area contributed by atoms with Crippen LogP contribution in [0.2, 0.25) is 0 Å². The van der Waals surface area contributed by atoms with E-state index in [9.17, 15) is 4.79 Å². The molecule has 2 aromatic carbocycles. The van der Waals surface area contributed by atoms with E-state index in [4.69, 9.17) is 4.74 Å². The minimum atomic E-state index is -0.0565. The normalized spacial score (nSPS) is 14.3. The van der Waals surface area contributed by atoms with Crippen molar-refractivity contribution < 1.29 is 9.53 Å². The van der Waals surface area contributed by atoms with Gasteiger partial charge in [0.15, 0.2) is 0 Å². The molecule has 0 atom stereocenters. The smallest absolute Gasteiger partial charge is 0.243 e. The summed E-state index contributed by atoms with van der Waals surface area (Å²) < 4.78 is 5.40. The summed E-state index contributed by atoms with van der Waals surface area (Å²) in [4.78, 5) is 14.6. The summed E-state index contributed by atoms with van der Waals surface area (Å²) in [5.41, 5.74) is 3.99. The summed E-state index contributed by atoms with van der Waals surface area (Å²) in [6.45, 7) is 5.38. The van der Waals surface area contributed by atoms with Crippen LogP contribution in [-0.4, -0.2) is 38.8 Å². The van der Waals surface area contributed by atoms with E-state index in [1.165, 1.54) is 0 Å². The van der Waals surface area contributed by atoms with Crippen LogP contribution in [0.25, 0.3) is 0 Å². The van der Waals surface area contributed by atoms with Crippen LogP contribution in [0.4, 0.5) is 17.1 Å². The Labute approximate surface area is 142 Å². The molecule has 1 aliphatic rings. The van der Waals surface area contributed by atoms with E-state index >= 15 is 0 Å². The van der Waals surface area contributed by atoms with E-state index in [0.717, 1.165) is 48.9 Å². The Morgan fingerprint density at radius 1 is 1.04 bits per heavy atom. The third-order valence-electron chi connectivity index (χ3n) is 4.11. The number of hydrogen-bond donors (Lipinski definition) is 2. The first-order valence-electron chi connectivity index (χ1n) is 8.25. The average molecular weight is 325 g/mol. The van der Waals surface area contributed by atoms with E-state index in [1.54, 1.807) is 0 Å². The lowest BCUT2D eigenvalue weighted by Crippen LogP contribution is -2.37. The van der Waals surface area contributed by atoms with Crippen molar-refractivity contribution in [1.82, 2.24) is 0 Å². The molecule has 3 rings (SSSR count). The number of carbonyl (C=O) groups excluding carboxylic acids is 1. The first kappa shape index (κ1) is 16.3. The number of rotatable bonds is 5. The first-order chi connectivity index (χ1) is 11.7. The predicted octanol–water partition coefficient (Wildman–Crippen LogP) is 2.88. The number of morpholine rings is 1. The van der Waals surface area contributed by atoms with Gasteiger partial charge in [-0.1, -0.05) is 30.3 Å². The van der Waals surface area contributed by atoms with Crippen molar-refractivity contribution in [2.24, 2.45) is 0 Å². The number of nitrogens with one attached hydrogen (secondary N) is 2. The fraction of sp³-hybridized carbons (Fsp3) is 0.316. The lowest BCUT2D eigenvalue weighted by molar-refractivity contribution is -0.114. The second-order valence-electron chi connectivity index (χ2n) is 5.83. The first-order valence-corrected chi connectivity index (χ1v) is 8.25. The van der Waals surface area contributed by atoms with E-state index in [1.807, 2.05) is 55.5 Å². The fourth-order valence-electron chi connectivity index (χ4n) is 2.80. The summed E-state index contributed by atoms with van der Waals surface area (Å²) in [6.07, 6.45) is 0. The molecule has 1 fully saturated rings. The molecule has 126 valence electrons. The molecule has 5 nitrogen and oxygen atoms in total. The highest BCUT2D eigenvalue weighted by molar-refractivity contribution is 5.96. The molecular weight excluding hydrogens is 302 g/mol. The SMILES string of the molecule is Cc1ccccc1NCC(=O)Nc1ccccc1N1CCOCC1. The van der Waals surface area contributed by atoms with Gasteiger partial charge in [-0.25, -0.2) is 0 Å². The van der Waals surface area contributed by atoms with Gasteiger partial charge in [0.2, 0.25) is 5.91 Å². The molecule has 24 heavy (non-hydrogen) atoms. The number of ether oxygens (including phenoxy) is 1. The third-order valence-corrected chi connectivity index (χ3v) is 4.11. The van der Waals surface area contributed by atoms with Crippen molar-refractivity contribution in [1.29, 1.82) is 0 Å². The molecule has 1 heterocycles. The highest BCUT2D eigenvalue weighted by Crippen LogP contribution is 2.26. The number of benzene rings is 2. The fourth-order valence-corrected chi connectivity index (χ4v) is 2.80. The molecule has 2 aromatic rings. The van der Waals surface area contributed by atoms with Crippen LogP contribution < -0.4 is 15.5 Å². The van der Waals surface area contributed by atoms with E-state index in [2.05, 4.69) is 15.5 Å². The van der Waals surface area contributed by atoms with Gasteiger partial charge in [-0.05, 0) is 30.7 Å². The Morgan fingerprint density at radius 3 is 2.46 bits per heavy atom. The topological polar surface area (TPSA) is 53.6 Å². The molecule has 1 saturated heterocycles. The van der Waals surface area contributed by atoms with Gasteiger partial charge in [0.05, 0.1) is 31.1 Å². The number of nitrogens with zero attached hydrogens (tertiary/aromatic N) is 1. The average Bonchev–Trinajstić information content (AvgIpc) is 2.62. The monoisotopic (exact) mass is 325 g/mol. The maximum absolute atomic E-state index is 12.3. The maximum Gasteiger partial charge on any atom is 0.243 e. The van der Waals surface area contributed by atoms with Gasteiger partial charge in [-0.2, -0.15) is 0 Å². The molecule has 0 bridgehead atoms. The minimum Gasteiger partial charge on any atom is -0.378 e. The van der Waals surface area contributed by atoms with Crippen LogP contribution in [0.15, 0.2) is 48.5 Å². The van der Waals surface area contributed by atoms with Crippen LogP contribution in [0.5, 0.6) is 0 Å². The van der Waals surface area contributed by atoms with Crippen LogP contribution in [-0.2, 0) is 9.53 Å². The third kappa shape index (κ3) is 4.06. The van der Waals surface area contributed by atoms with Crippen LogP contribution in [0.3, 0.4) is 0 Å². The zero-order chi connectivity index (χ0) is 16.8. The second kappa shape index (κ2) is 7.84. The Kier molecular flexibility index (Phi) is 5.33. The molecule has 0 aliphatic carbocycles. The van der Waals surface area contributed by atoms with Gasteiger partial charge in [0, 0.05) is 18.8 Å². The summed E-state index contributed by atoms with van der Waals surface area (Å²) in [5, 5.41) is 6.20. The lowest BCUT2D eigenvalue weighted by Gasteiger charge is -2.30. The van der Waals surface area contributed by atoms with E-state index in [-0.39, 0.29) is 12.5 Å². The number of para-hydroxylation sites is 3. The van der Waals surface area contributed by atoms with Gasteiger partial charge in [0.25, 0.3) is 0 Å². The van der Waals surface area contributed by atoms with Crippen LogP contribution >= 0.6 is 0 Å². The van der Waals surface area contributed by atoms with Crippen molar-refractivity contribution in [3.05, 3.63) is 54.1 Å². The largest absolute Gasteiger partial charge is 0.378 e. The molecule has 1 aliphatic heterocycles. The number of anilines is 3. The number of aryl methyl sites for hydroxylation is 1. The molecule has 2 N–H and O–H groups in total. The number of amides is 1. The molecule has 0 radical (unpaired) electrons. The van der Waals surface area contributed by atoms with E-state index < -0.39 is 0 Å². The van der Waals surface area contributed by atoms with Crippen molar-refractivity contribution in [3.63, 3.8) is 0 Å². The Balaban J connectivity index is 1.63. The van der Waals surface area contributed by atoms with Crippen molar-refractivity contribution in [3.8, 4) is 0 Å². The second-order valence-corrected chi connectivity index (χ2v) is 5.83. The van der Waals surface area contributed by atoms with Gasteiger partial charge in [-0.3, -0.25) is 4.79 Å². The maximum atomic E-state index is 12.3. The highest BCUT2D eigenvalue weighted by atomic mass is 16.5. The van der Waals surface area contributed by atoms with Gasteiger partial charge in [0.1, 0.15) is 0 Å². The van der Waals surface area contributed by atoms with Gasteiger partial charge in [-0.15, -0.1) is 0 Å². The molecular formula is C19H23N3O2. The predicted molar refractivity (Wildman–Crippen MR) is 97.8 cm³/mol. The van der Waals surface area contributed by atoms with E-state index in [0.29, 0.717) is 0 Å². The van der Waals surface area contributed by atoms with Gasteiger partial charge >= 0.3 is 0 Å². The molecule has 0 saturated carbocycles. The van der Waals surface area contributed by atoms with Crippen molar-refractivity contribution in [2.75, 3.05) is 48.4 Å². The lowest BCUT2D eigenvalue weighted by atomic mass is 10.2. The summed E-state index contributed by atoms with van der Waals surface area (Å²) in [7, 11) is 0. The van der Waals surface area contributed by atoms with Crippen LogP contribution in [0.1, 0.15) is 5.56 Å². The minimum absolute atomic E-state index is 0.0565. The molecule has 5 heteroatoms. The quantitative estimate of drug-likeness (QED) is 0.887. The summed E-state index contributed by atoms with van der Waals surface area (Å²) >= 11 is 0. The molecule has 1 amide bonds. The highest BCUT2D eigenvalue weighted by Gasteiger charge is 2.15. The molecule has 0 aromatic heterocycles.